The van der Waals surface area contributed by atoms with Crippen molar-refractivity contribution in [3.8, 4) is 28.5 Å². The van der Waals surface area contributed by atoms with Crippen LogP contribution in [0.3, 0.4) is 0 Å². The zero-order chi connectivity index (χ0) is 19.0. The minimum Gasteiger partial charge on any atom is -0.383 e. The highest BCUT2D eigenvalue weighted by Crippen LogP contribution is 2.38. The van der Waals surface area contributed by atoms with Crippen LogP contribution in [-0.2, 0) is 0 Å². The van der Waals surface area contributed by atoms with Crippen LogP contribution < -0.4 is 5.73 Å². The van der Waals surface area contributed by atoms with Crippen LogP contribution in [0.15, 0.2) is 36.4 Å². The first-order valence-corrected chi connectivity index (χ1v) is 8.20. The zero-order valence-corrected chi connectivity index (χ0v) is 15.0. The monoisotopic (exact) mass is 389 g/mol. The van der Waals surface area contributed by atoms with Crippen molar-refractivity contribution >= 4 is 29.0 Å². The van der Waals surface area contributed by atoms with Crippen molar-refractivity contribution in [1.29, 1.82) is 5.26 Å². The summed E-state index contributed by atoms with van der Waals surface area (Å²) in [7, 11) is 0. The number of anilines is 1. The van der Waals surface area contributed by atoms with Gasteiger partial charge in [0.2, 0.25) is 0 Å². The predicted molar refractivity (Wildman–Crippen MR) is 98.9 cm³/mol. The van der Waals surface area contributed by atoms with Gasteiger partial charge in [0.15, 0.2) is 11.6 Å². The van der Waals surface area contributed by atoms with Crippen molar-refractivity contribution in [2.45, 2.75) is 6.92 Å². The molecule has 0 saturated heterocycles. The lowest BCUT2D eigenvalue weighted by Crippen LogP contribution is -2.04. The van der Waals surface area contributed by atoms with E-state index in [9.17, 15) is 14.0 Å². The molecule has 26 heavy (non-hydrogen) atoms. The van der Waals surface area contributed by atoms with E-state index in [0.29, 0.717) is 38.0 Å². The number of hydrogen-bond acceptors (Lipinski definition) is 3. The summed E-state index contributed by atoms with van der Waals surface area (Å²) in [6.07, 6.45) is 0. The van der Waals surface area contributed by atoms with Gasteiger partial charge in [-0.2, -0.15) is 5.26 Å². The van der Waals surface area contributed by atoms with Crippen molar-refractivity contribution < 1.29 is 8.78 Å². The second-order valence-electron chi connectivity index (χ2n) is 5.59. The molecule has 0 atom stereocenters. The van der Waals surface area contributed by atoms with Crippen LogP contribution >= 0.6 is 23.2 Å². The molecular weight excluding hydrogens is 379 g/mol. The number of nitriles is 1. The molecule has 0 bridgehead atoms. The Morgan fingerprint density at radius 1 is 1.08 bits per heavy atom. The van der Waals surface area contributed by atoms with E-state index in [0.717, 1.165) is 12.1 Å². The first-order valence-electron chi connectivity index (χ1n) is 7.44. The maximum absolute atomic E-state index is 13.7. The van der Waals surface area contributed by atoms with Crippen LogP contribution in [0.5, 0.6) is 0 Å². The molecule has 0 aliphatic carbocycles. The standard InChI is InChI=1S/C19H11Cl2F2N3/c1-9-17(10-2-5-15(22)16(23)6-10)13(8-24)19(25)26-18(9)12-4-3-11(20)7-14(12)21/h2-7H,1H3,(H2,25,26). The number of nitrogen functional groups attached to an aromatic ring is 1. The summed E-state index contributed by atoms with van der Waals surface area (Å²) < 4.78 is 27.0. The van der Waals surface area contributed by atoms with Crippen LogP contribution in [0.4, 0.5) is 14.6 Å². The van der Waals surface area contributed by atoms with Gasteiger partial charge in [0.05, 0.1) is 10.7 Å². The molecule has 3 nitrogen and oxygen atoms in total. The van der Waals surface area contributed by atoms with Crippen LogP contribution in [0.2, 0.25) is 10.0 Å². The Morgan fingerprint density at radius 3 is 2.42 bits per heavy atom. The number of halogens is 4. The molecule has 0 aliphatic rings. The van der Waals surface area contributed by atoms with E-state index < -0.39 is 11.6 Å². The van der Waals surface area contributed by atoms with Crippen molar-refractivity contribution in [2.24, 2.45) is 0 Å². The van der Waals surface area contributed by atoms with E-state index in [-0.39, 0.29) is 11.4 Å². The third-order valence-electron chi connectivity index (χ3n) is 3.97. The maximum atomic E-state index is 13.7. The van der Waals surface area contributed by atoms with Gasteiger partial charge < -0.3 is 5.73 Å². The van der Waals surface area contributed by atoms with Gasteiger partial charge in [-0.25, -0.2) is 13.8 Å². The number of nitrogens with two attached hydrogens (primary N) is 1. The van der Waals surface area contributed by atoms with E-state index in [1.165, 1.54) is 6.07 Å². The number of hydrogen-bond donors (Lipinski definition) is 1. The number of rotatable bonds is 2. The second-order valence-corrected chi connectivity index (χ2v) is 6.43. The lowest BCUT2D eigenvalue weighted by atomic mass is 9.92. The number of aromatic nitrogens is 1. The van der Waals surface area contributed by atoms with Crippen LogP contribution in [0, 0.1) is 29.9 Å². The molecule has 0 fully saturated rings. The van der Waals surface area contributed by atoms with Crippen LogP contribution in [0.25, 0.3) is 22.4 Å². The molecule has 7 heteroatoms. The molecule has 0 saturated carbocycles. The highest BCUT2D eigenvalue weighted by molar-refractivity contribution is 6.36. The van der Waals surface area contributed by atoms with Crippen molar-refractivity contribution in [3.63, 3.8) is 0 Å². The van der Waals surface area contributed by atoms with Crippen molar-refractivity contribution in [3.05, 3.63) is 69.2 Å². The fourth-order valence-electron chi connectivity index (χ4n) is 2.76. The predicted octanol–water partition coefficient (Wildman–Crippen LogP) is 5.76. The van der Waals surface area contributed by atoms with Gasteiger partial charge in [0, 0.05) is 16.1 Å². The zero-order valence-electron chi connectivity index (χ0n) is 13.4. The summed E-state index contributed by atoms with van der Waals surface area (Å²) in [4.78, 5) is 4.29. The fraction of sp³-hybridized carbons (Fsp3) is 0.0526. The van der Waals surface area contributed by atoms with Gasteiger partial charge in [-0.05, 0) is 48.4 Å². The van der Waals surface area contributed by atoms with Crippen LogP contribution in [-0.4, -0.2) is 4.98 Å². The summed E-state index contributed by atoms with van der Waals surface area (Å²) in [5.74, 6) is -2.03. The number of benzene rings is 2. The van der Waals surface area contributed by atoms with Gasteiger partial charge in [-0.3, -0.25) is 0 Å². The molecule has 3 rings (SSSR count). The van der Waals surface area contributed by atoms with Crippen molar-refractivity contribution in [2.75, 3.05) is 5.73 Å². The summed E-state index contributed by atoms with van der Waals surface area (Å²) in [5.41, 5.74) is 8.29. The van der Waals surface area contributed by atoms with E-state index in [2.05, 4.69) is 4.98 Å². The lowest BCUT2D eigenvalue weighted by Gasteiger charge is -2.16. The Hall–Kier alpha value is -2.68. The minimum absolute atomic E-state index is 0.0288. The first kappa shape index (κ1) is 18.1. The summed E-state index contributed by atoms with van der Waals surface area (Å²) in [6, 6.07) is 10.3. The van der Waals surface area contributed by atoms with Crippen LogP contribution in [0.1, 0.15) is 11.1 Å². The number of pyridine rings is 1. The normalized spacial score (nSPS) is 10.6. The molecule has 0 aliphatic heterocycles. The van der Waals surface area contributed by atoms with Crippen molar-refractivity contribution in [1.82, 2.24) is 4.98 Å². The molecule has 0 radical (unpaired) electrons. The fourth-order valence-corrected chi connectivity index (χ4v) is 3.26. The van der Waals surface area contributed by atoms with E-state index in [1.54, 1.807) is 25.1 Å². The van der Waals surface area contributed by atoms with E-state index >= 15 is 0 Å². The molecule has 3 aromatic rings. The average Bonchev–Trinajstić information content (AvgIpc) is 2.59. The SMILES string of the molecule is Cc1c(-c2ccc(Cl)cc2Cl)nc(N)c(C#N)c1-c1ccc(F)c(F)c1. The molecule has 1 heterocycles. The highest BCUT2D eigenvalue weighted by Gasteiger charge is 2.20. The Morgan fingerprint density at radius 2 is 1.81 bits per heavy atom. The second kappa shape index (κ2) is 6.91. The molecule has 2 aromatic carbocycles. The molecule has 130 valence electrons. The average molecular weight is 390 g/mol. The van der Waals surface area contributed by atoms with Gasteiger partial charge in [0.25, 0.3) is 0 Å². The van der Waals surface area contributed by atoms with Gasteiger partial charge in [-0.1, -0.05) is 29.3 Å². The molecule has 0 spiro atoms. The quantitative estimate of drug-likeness (QED) is 0.605. The topological polar surface area (TPSA) is 62.7 Å². The molecule has 0 amide bonds. The Balaban J connectivity index is 2.35. The molecule has 0 unspecified atom stereocenters. The highest BCUT2D eigenvalue weighted by atomic mass is 35.5. The van der Waals surface area contributed by atoms with Gasteiger partial charge >= 0.3 is 0 Å². The smallest absolute Gasteiger partial charge is 0.159 e. The minimum atomic E-state index is -1.02. The van der Waals surface area contributed by atoms with E-state index in [1.807, 2.05) is 6.07 Å². The van der Waals surface area contributed by atoms with Gasteiger partial charge in [-0.15, -0.1) is 0 Å². The number of nitrogens with zero attached hydrogens (tertiary/aromatic N) is 2. The summed E-state index contributed by atoms with van der Waals surface area (Å²) in [5, 5.41) is 10.3. The third-order valence-corrected chi connectivity index (χ3v) is 4.52. The Bertz CT molecular complexity index is 1080. The third kappa shape index (κ3) is 3.10. The molecule has 1 aromatic heterocycles. The van der Waals surface area contributed by atoms with E-state index in [4.69, 9.17) is 28.9 Å². The summed E-state index contributed by atoms with van der Waals surface area (Å²) in [6.45, 7) is 1.71. The Labute approximate surface area is 158 Å². The first-order chi connectivity index (χ1) is 12.3. The molecule has 2 N–H and O–H groups in total. The largest absolute Gasteiger partial charge is 0.383 e. The van der Waals surface area contributed by atoms with Gasteiger partial charge in [0.1, 0.15) is 17.5 Å². The maximum Gasteiger partial charge on any atom is 0.159 e. The lowest BCUT2D eigenvalue weighted by molar-refractivity contribution is 0.509. The molecular formula is C19H11Cl2F2N3. The Kier molecular flexibility index (Phi) is 4.82. The summed E-state index contributed by atoms with van der Waals surface area (Å²) >= 11 is 12.2.